The van der Waals surface area contributed by atoms with Crippen molar-refractivity contribution in [2.24, 2.45) is 5.73 Å². The van der Waals surface area contributed by atoms with Crippen LogP contribution in [0.5, 0.6) is 0 Å². The number of rotatable bonds is 2. The topological polar surface area (TPSA) is 46.3 Å². The van der Waals surface area contributed by atoms with Crippen LogP contribution in [-0.4, -0.2) is 35.6 Å². The van der Waals surface area contributed by atoms with Crippen molar-refractivity contribution < 1.29 is 18.0 Å². The molecule has 1 heterocycles. The summed E-state index contributed by atoms with van der Waals surface area (Å²) in [5.41, 5.74) is 5.24. The fraction of sp³-hybridized carbons (Fsp3) is 0.786. The van der Waals surface area contributed by atoms with Gasteiger partial charge in [-0.15, -0.1) is 0 Å². The van der Waals surface area contributed by atoms with Crippen LogP contribution >= 0.6 is 0 Å². The molecule has 0 bridgehead atoms. The zero-order chi connectivity index (χ0) is 14.8. The zero-order valence-corrected chi connectivity index (χ0v) is 11.5. The highest BCUT2D eigenvalue weighted by molar-refractivity contribution is 5.78. The molecular formula is C14H21F3N2O. The lowest BCUT2D eigenvalue weighted by atomic mass is 9.80. The van der Waals surface area contributed by atoms with E-state index in [1.165, 1.54) is 4.90 Å². The van der Waals surface area contributed by atoms with Gasteiger partial charge in [0.25, 0.3) is 0 Å². The average Bonchev–Trinajstić information content (AvgIpc) is 2.38. The molecule has 2 aliphatic rings. The molecule has 0 aromatic rings. The third-order valence-electron chi connectivity index (χ3n) is 4.28. The number of carbonyl (C=O) groups is 1. The summed E-state index contributed by atoms with van der Waals surface area (Å²) in [6, 6.07) is 0. The van der Waals surface area contributed by atoms with Crippen LogP contribution in [0.25, 0.3) is 0 Å². The molecule has 2 rings (SSSR count). The maximum Gasteiger partial charge on any atom is 0.412 e. The van der Waals surface area contributed by atoms with Gasteiger partial charge in [0.15, 0.2) is 0 Å². The lowest BCUT2D eigenvalue weighted by Gasteiger charge is -2.35. The Kier molecular flexibility index (Phi) is 4.42. The highest BCUT2D eigenvalue weighted by Crippen LogP contribution is 2.32. The Hall–Kier alpha value is -1.04. The van der Waals surface area contributed by atoms with Crippen LogP contribution in [0.2, 0.25) is 0 Å². The van der Waals surface area contributed by atoms with Gasteiger partial charge >= 0.3 is 6.18 Å². The standard InChI is InChI=1S/C14H21F3N2O/c15-14(16,17)11-4-8-19(9-5-11)12(20)10-13(18)6-2-1-3-7-13/h4H,1-3,5-10,18H2. The van der Waals surface area contributed by atoms with Gasteiger partial charge in [0.05, 0.1) is 0 Å². The molecule has 1 aliphatic carbocycles. The summed E-state index contributed by atoms with van der Waals surface area (Å²) in [5.74, 6) is -0.119. The minimum atomic E-state index is -4.27. The first-order valence-electron chi connectivity index (χ1n) is 7.13. The van der Waals surface area contributed by atoms with Crippen molar-refractivity contribution in [1.82, 2.24) is 4.90 Å². The molecule has 0 aromatic heterocycles. The lowest BCUT2D eigenvalue weighted by Crippen LogP contribution is -2.48. The van der Waals surface area contributed by atoms with Gasteiger partial charge in [-0.25, -0.2) is 0 Å². The zero-order valence-electron chi connectivity index (χ0n) is 11.5. The smallest absolute Gasteiger partial charge is 0.339 e. The second kappa shape index (κ2) is 5.76. The fourth-order valence-electron chi connectivity index (χ4n) is 3.00. The van der Waals surface area contributed by atoms with Crippen LogP contribution in [0.15, 0.2) is 11.6 Å². The molecule has 0 aromatic carbocycles. The van der Waals surface area contributed by atoms with Gasteiger partial charge in [0, 0.05) is 30.6 Å². The summed E-state index contributed by atoms with van der Waals surface area (Å²) in [6.45, 7) is 0.185. The van der Waals surface area contributed by atoms with Crippen molar-refractivity contribution in [2.75, 3.05) is 13.1 Å². The summed E-state index contributed by atoms with van der Waals surface area (Å²) in [5, 5.41) is 0. The maximum atomic E-state index is 12.5. The predicted molar refractivity (Wildman–Crippen MR) is 70.0 cm³/mol. The third kappa shape index (κ3) is 3.75. The highest BCUT2D eigenvalue weighted by Gasteiger charge is 2.37. The molecule has 1 saturated carbocycles. The van der Waals surface area contributed by atoms with Gasteiger partial charge < -0.3 is 10.6 Å². The van der Waals surface area contributed by atoms with Crippen molar-refractivity contribution in [3.63, 3.8) is 0 Å². The molecule has 6 heteroatoms. The van der Waals surface area contributed by atoms with Gasteiger partial charge in [-0.05, 0) is 19.3 Å². The first-order chi connectivity index (χ1) is 9.30. The Morgan fingerprint density at radius 2 is 1.95 bits per heavy atom. The Morgan fingerprint density at radius 1 is 1.30 bits per heavy atom. The van der Waals surface area contributed by atoms with Crippen LogP contribution in [0, 0.1) is 0 Å². The molecule has 0 unspecified atom stereocenters. The number of hydrogen-bond acceptors (Lipinski definition) is 2. The predicted octanol–water partition coefficient (Wildman–Crippen LogP) is 2.76. The molecule has 0 saturated heterocycles. The molecule has 1 aliphatic heterocycles. The first-order valence-corrected chi connectivity index (χ1v) is 7.13. The Morgan fingerprint density at radius 3 is 2.45 bits per heavy atom. The van der Waals surface area contributed by atoms with Crippen molar-refractivity contribution in [3.8, 4) is 0 Å². The van der Waals surface area contributed by atoms with Crippen LogP contribution in [0.1, 0.15) is 44.9 Å². The van der Waals surface area contributed by atoms with Gasteiger partial charge in [0.2, 0.25) is 5.91 Å². The summed E-state index contributed by atoms with van der Waals surface area (Å²) in [7, 11) is 0. The number of amides is 1. The number of hydrogen-bond donors (Lipinski definition) is 1. The van der Waals surface area contributed by atoms with Gasteiger partial charge in [-0.1, -0.05) is 25.3 Å². The largest absolute Gasteiger partial charge is 0.412 e. The monoisotopic (exact) mass is 290 g/mol. The molecule has 1 amide bonds. The summed E-state index contributed by atoms with van der Waals surface area (Å²) >= 11 is 0. The van der Waals surface area contributed by atoms with Crippen LogP contribution in [0.4, 0.5) is 13.2 Å². The molecule has 0 radical (unpaired) electrons. The van der Waals surface area contributed by atoms with E-state index in [0.717, 1.165) is 38.2 Å². The molecule has 2 N–H and O–H groups in total. The summed E-state index contributed by atoms with van der Waals surface area (Å²) in [6.07, 6.45) is 1.85. The van der Waals surface area contributed by atoms with Crippen LogP contribution < -0.4 is 5.73 Å². The normalized spacial score (nSPS) is 23.4. The van der Waals surface area contributed by atoms with Crippen molar-refractivity contribution in [1.29, 1.82) is 0 Å². The second-order valence-corrected chi connectivity index (χ2v) is 5.92. The van der Waals surface area contributed by atoms with E-state index in [0.29, 0.717) is 0 Å². The van der Waals surface area contributed by atoms with Gasteiger partial charge in [-0.3, -0.25) is 4.79 Å². The first kappa shape index (κ1) is 15.4. The van der Waals surface area contributed by atoms with Crippen LogP contribution in [0.3, 0.4) is 0 Å². The third-order valence-corrected chi connectivity index (χ3v) is 4.28. The Balaban J connectivity index is 1.90. The SMILES string of the molecule is NC1(CC(=O)N2CC=C(C(F)(F)F)CC2)CCCCC1. The number of nitrogens with zero attached hydrogens (tertiary/aromatic N) is 1. The molecule has 0 spiro atoms. The number of nitrogens with two attached hydrogens (primary N) is 1. The lowest BCUT2D eigenvalue weighted by molar-refractivity contribution is -0.133. The molecule has 3 nitrogen and oxygen atoms in total. The van der Waals surface area contributed by atoms with E-state index in [4.69, 9.17) is 5.73 Å². The Bertz CT molecular complexity index is 398. The number of halogens is 3. The average molecular weight is 290 g/mol. The van der Waals surface area contributed by atoms with E-state index >= 15 is 0 Å². The van der Waals surface area contributed by atoms with E-state index < -0.39 is 17.3 Å². The van der Waals surface area contributed by atoms with Crippen molar-refractivity contribution in [2.45, 2.75) is 56.7 Å². The molecule has 0 atom stereocenters. The summed E-state index contributed by atoms with van der Waals surface area (Å²) in [4.78, 5) is 13.6. The van der Waals surface area contributed by atoms with Crippen molar-refractivity contribution >= 4 is 5.91 Å². The van der Waals surface area contributed by atoms with E-state index in [2.05, 4.69) is 0 Å². The van der Waals surface area contributed by atoms with E-state index in [9.17, 15) is 18.0 Å². The van der Waals surface area contributed by atoms with E-state index in [-0.39, 0.29) is 31.8 Å². The van der Waals surface area contributed by atoms with E-state index in [1.807, 2.05) is 0 Å². The number of alkyl halides is 3. The van der Waals surface area contributed by atoms with Gasteiger partial charge in [-0.2, -0.15) is 13.2 Å². The quantitative estimate of drug-likeness (QED) is 0.795. The van der Waals surface area contributed by atoms with Crippen LogP contribution in [-0.2, 0) is 4.79 Å². The highest BCUT2D eigenvalue weighted by atomic mass is 19.4. The maximum absolute atomic E-state index is 12.5. The molecule has 114 valence electrons. The minimum Gasteiger partial charge on any atom is -0.339 e. The van der Waals surface area contributed by atoms with Gasteiger partial charge in [0.1, 0.15) is 0 Å². The number of carbonyl (C=O) groups excluding carboxylic acids is 1. The molecular weight excluding hydrogens is 269 g/mol. The molecule has 20 heavy (non-hydrogen) atoms. The minimum absolute atomic E-state index is 0.0454. The molecule has 1 fully saturated rings. The van der Waals surface area contributed by atoms with E-state index in [1.54, 1.807) is 0 Å². The fourth-order valence-corrected chi connectivity index (χ4v) is 3.00. The summed E-state index contributed by atoms with van der Waals surface area (Å²) < 4.78 is 37.5. The van der Waals surface area contributed by atoms with Crippen molar-refractivity contribution in [3.05, 3.63) is 11.6 Å². The Labute approximate surface area is 117 Å². The second-order valence-electron chi connectivity index (χ2n) is 5.92.